The van der Waals surface area contributed by atoms with E-state index in [9.17, 15) is 8.42 Å². The Morgan fingerprint density at radius 3 is 2.26 bits per heavy atom. The van der Waals surface area contributed by atoms with Crippen molar-refractivity contribution in [2.45, 2.75) is 44.9 Å². The Bertz CT molecular complexity index is 412. The predicted octanol–water partition coefficient (Wildman–Crippen LogP) is 3.75. The van der Waals surface area contributed by atoms with Crippen LogP contribution in [0.3, 0.4) is 0 Å². The van der Waals surface area contributed by atoms with E-state index >= 15 is 0 Å². The molecule has 4 nitrogen and oxygen atoms in total. The van der Waals surface area contributed by atoms with E-state index in [0.717, 1.165) is 50.2 Å². The van der Waals surface area contributed by atoms with Crippen molar-refractivity contribution in [3.63, 3.8) is 0 Å². The Balaban J connectivity index is 1.81. The lowest BCUT2D eigenvalue weighted by Crippen LogP contribution is -2.03. The number of unbranched alkanes of at least 4 members (excludes halogenated alkanes) is 6. The average Bonchev–Trinajstić information content (AvgIpc) is 2.83. The standard InChI is InChI=1S/C13H22O4S2/c14-19(15,16)12-7-5-3-1-2-4-6-10-17-13-9-8-11-18-13/h8-9,11H,1-7,10,12H2,(H,14,15,16). The minimum absolute atomic E-state index is 0.109. The molecule has 0 aliphatic rings. The van der Waals surface area contributed by atoms with Gasteiger partial charge in [0.1, 0.15) is 0 Å². The number of hydrogen-bond acceptors (Lipinski definition) is 4. The van der Waals surface area contributed by atoms with E-state index < -0.39 is 10.1 Å². The van der Waals surface area contributed by atoms with Crippen LogP contribution in [0, 0.1) is 0 Å². The van der Waals surface area contributed by atoms with E-state index in [1.54, 1.807) is 11.3 Å². The fourth-order valence-corrected chi connectivity index (χ4v) is 2.96. The molecule has 1 aromatic rings. The summed E-state index contributed by atoms with van der Waals surface area (Å²) < 4.78 is 35.1. The fourth-order valence-electron chi connectivity index (χ4n) is 1.79. The second kappa shape index (κ2) is 9.34. The summed E-state index contributed by atoms with van der Waals surface area (Å²) in [6.45, 7) is 0.767. The van der Waals surface area contributed by atoms with Gasteiger partial charge in [-0.25, -0.2) is 0 Å². The van der Waals surface area contributed by atoms with Crippen LogP contribution in [0.25, 0.3) is 0 Å². The third-order valence-corrected chi connectivity index (χ3v) is 4.37. The molecule has 0 aliphatic heterocycles. The lowest BCUT2D eigenvalue weighted by molar-refractivity contribution is 0.313. The molecule has 0 radical (unpaired) electrons. The van der Waals surface area contributed by atoms with Crippen LogP contribution < -0.4 is 4.74 Å². The van der Waals surface area contributed by atoms with E-state index in [1.807, 2.05) is 17.5 Å². The van der Waals surface area contributed by atoms with E-state index in [-0.39, 0.29) is 5.75 Å². The van der Waals surface area contributed by atoms with Gasteiger partial charge in [0.2, 0.25) is 0 Å². The van der Waals surface area contributed by atoms with Gasteiger partial charge in [-0.15, -0.1) is 11.3 Å². The van der Waals surface area contributed by atoms with E-state index in [0.29, 0.717) is 6.42 Å². The summed E-state index contributed by atoms with van der Waals surface area (Å²) >= 11 is 1.61. The van der Waals surface area contributed by atoms with Gasteiger partial charge in [-0.2, -0.15) is 8.42 Å². The normalized spacial score (nSPS) is 11.6. The zero-order valence-electron chi connectivity index (χ0n) is 11.1. The maximum absolute atomic E-state index is 10.5. The Kier molecular flexibility index (Phi) is 8.09. The first-order valence-electron chi connectivity index (χ1n) is 6.69. The maximum atomic E-state index is 10.5. The van der Waals surface area contributed by atoms with Gasteiger partial charge >= 0.3 is 0 Å². The van der Waals surface area contributed by atoms with Crippen molar-refractivity contribution in [3.05, 3.63) is 17.5 Å². The van der Waals surface area contributed by atoms with Gasteiger partial charge in [-0.1, -0.05) is 32.1 Å². The summed E-state index contributed by atoms with van der Waals surface area (Å²) in [5, 5.41) is 2.98. The minimum atomic E-state index is -3.77. The van der Waals surface area contributed by atoms with Crippen molar-refractivity contribution in [2.75, 3.05) is 12.4 Å². The topological polar surface area (TPSA) is 63.6 Å². The highest BCUT2D eigenvalue weighted by Crippen LogP contribution is 2.18. The molecule has 110 valence electrons. The number of ether oxygens (including phenoxy) is 1. The number of thiophene rings is 1. The van der Waals surface area contributed by atoms with E-state index in [2.05, 4.69) is 0 Å². The van der Waals surface area contributed by atoms with Crippen LogP contribution in [0.1, 0.15) is 44.9 Å². The van der Waals surface area contributed by atoms with Crippen molar-refractivity contribution >= 4 is 21.5 Å². The largest absolute Gasteiger partial charge is 0.484 e. The highest BCUT2D eigenvalue weighted by molar-refractivity contribution is 7.85. The van der Waals surface area contributed by atoms with Gasteiger partial charge in [0, 0.05) is 0 Å². The van der Waals surface area contributed by atoms with Crippen molar-refractivity contribution in [2.24, 2.45) is 0 Å². The lowest BCUT2D eigenvalue weighted by atomic mass is 10.1. The van der Waals surface area contributed by atoms with Crippen molar-refractivity contribution in [1.29, 1.82) is 0 Å². The second-order valence-corrected chi connectivity index (χ2v) is 7.02. The van der Waals surface area contributed by atoms with Gasteiger partial charge in [-0.3, -0.25) is 4.55 Å². The predicted molar refractivity (Wildman–Crippen MR) is 78.5 cm³/mol. The lowest BCUT2D eigenvalue weighted by Gasteiger charge is -2.03. The van der Waals surface area contributed by atoms with Crippen molar-refractivity contribution in [3.8, 4) is 5.06 Å². The van der Waals surface area contributed by atoms with Gasteiger partial charge in [0.15, 0.2) is 5.06 Å². The summed E-state index contributed by atoms with van der Waals surface area (Å²) in [4.78, 5) is 0. The number of rotatable bonds is 11. The molecular weight excluding hydrogens is 284 g/mol. The van der Waals surface area contributed by atoms with Crippen LogP contribution in [-0.2, 0) is 10.1 Å². The third kappa shape index (κ3) is 9.92. The molecule has 0 fully saturated rings. The first-order valence-corrected chi connectivity index (χ1v) is 9.18. The Labute approximate surface area is 119 Å². The Morgan fingerprint density at radius 2 is 1.68 bits per heavy atom. The van der Waals surface area contributed by atoms with Crippen LogP contribution in [-0.4, -0.2) is 25.3 Å². The van der Waals surface area contributed by atoms with Crippen LogP contribution in [0.15, 0.2) is 17.5 Å². The smallest absolute Gasteiger partial charge is 0.264 e. The van der Waals surface area contributed by atoms with Gasteiger partial charge in [-0.05, 0) is 30.4 Å². The minimum Gasteiger partial charge on any atom is -0.484 e. The molecule has 0 bridgehead atoms. The molecule has 1 heterocycles. The molecule has 0 unspecified atom stereocenters. The molecule has 1 rings (SSSR count). The summed E-state index contributed by atoms with van der Waals surface area (Å²) in [6, 6.07) is 3.95. The molecule has 19 heavy (non-hydrogen) atoms. The van der Waals surface area contributed by atoms with Crippen molar-refractivity contribution in [1.82, 2.24) is 0 Å². The van der Waals surface area contributed by atoms with Gasteiger partial charge < -0.3 is 4.74 Å². The van der Waals surface area contributed by atoms with Gasteiger partial charge in [0.05, 0.1) is 12.4 Å². The molecule has 0 saturated heterocycles. The SMILES string of the molecule is O=S(=O)(O)CCCCCCCCCOc1cccs1. The Hall–Kier alpha value is -0.590. The molecule has 0 atom stereocenters. The van der Waals surface area contributed by atoms with Crippen LogP contribution >= 0.6 is 11.3 Å². The molecule has 0 aromatic carbocycles. The van der Waals surface area contributed by atoms with Crippen LogP contribution in [0.2, 0.25) is 0 Å². The third-order valence-electron chi connectivity index (χ3n) is 2.79. The molecule has 0 saturated carbocycles. The molecule has 0 aliphatic carbocycles. The molecule has 6 heteroatoms. The van der Waals surface area contributed by atoms with E-state index in [4.69, 9.17) is 9.29 Å². The molecule has 0 spiro atoms. The van der Waals surface area contributed by atoms with Crippen molar-refractivity contribution < 1.29 is 17.7 Å². The zero-order chi connectivity index (χ0) is 14.0. The number of hydrogen-bond donors (Lipinski definition) is 1. The molecule has 1 aromatic heterocycles. The summed E-state index contributed by atoms with van der Waals surface area (Å²) in [7, 11) is -3.77. The monoisotopic (exact) mass is 306 g/mol. The zero-order valence-corrected chi connectivity index (χ0v) is 12.7. The first kappa shape index (κ1) is 16.5. The summed E-state index contributed by atoms with van der Waals surface area (Å²) in [6.07, 6.45) is 6.92. The molecule has 0 amide bonds. The second-order valence-electron chi connectivity index (χ2n) is 4.54. The first-order chi connectivity index (χ1) is 9.08. The maximum Gasteiger partial charge on any atom is 0.264 e. The molecule has 1 N–H and O–H groups in total. The van der Waals surface area contributed by atoms with Crippen LogP contribution in [0.4, 0.5) is 0 Å². The quantitative estimate of drug-likeness (QED) is 0.499. The van der Waals surface area contributed by atoms with E-state index in [1.165, 1.54) is 0 Å². The summed E-state index contributed by atoms with van der Waals surface area (Å²) in [5.41, 5.74) is 0. The molecular formula is C13H22O4S2. The summed E-state index contributed by atoms with van der Waals surface area (Å²) in [5.74, 6) is -0.109. The average molecular weight is 306 g/mol. The van der Waals surface area contributed by atoms with Gasteiger partial charge in [0.25, 0.3) is 10.1 Å². The Morgan fingerprint density at radius 1 is 1.05 bits per heavy atom. The fraction of sp³-hybridized carbons (Fsp3) is 0.692. The highest BCUT2D eigenvalue weighted by Gasteiger charge is 2.02. The highest BCUT2D eigenvalue weighted by atomic mass is 32.2. The van der Waals surface area contributed by atoms with Crippen LogP contribution in [0.5, 0.6) is 5.06 Å².